The molecule has 52 heavy (non-hydrogen) atoms. The van der Waals surface area contributed by atoms with Gasteiger partial charge in [-0.25, -0.2) is 9.69 Å². The van der Waals surface area contributed by atoms with Gasteiger partial charge in [0.1, 0.15) is 17.1 Å². The van der Waals surface area contributed by atoms with Crippen LogP contribution < -0.4 is 4.90 Å². The van der Waals surface area contributed by atoms with E-state index < -0.39 is 58.5 Å². The minimum absolute atomic E-state index is 0.0578. The molecule has 0 spiro atoms. The van der Waals surface area contributed by atoms with Crippen LogP contribution >= 0.6 is 0 Å². The Kier molecular flexibility index (Phi) is 7.64. The first-order chi connectivity index (χ1) is 24.9. The number of anilines is 1. The smallest absolute Gasteiger partial charge is 0.339 e. The lowest BCUT2D eigenvalue weighted by Crippen LogP contribution is -2.58. The van der Waals surface area contributed by atoms with Crippen molar-refractivity contribution >= 4 is 40.6 Å². The molecule has 1 saturated carbocycles. The number of hydrogen-bond donors (Lipinski definition) is 3. The van der Waals surface area contributed by atoms with Crippen LogP contribution in [0.5, 0.6) is 11.5 Å². The molecule has 4 aromatic rings. The van der Waals surface area contributed by atoms with Crippen molar-refractivity contribution in [3.8, 4) is 11.5 Å². The van der Waals surface area contributed by atoms with Crippen molar-refractivity contribution in [2.45, 2.75) is 38.0 Å². The molecular weight excluding hydrogens is 658 g/mol. The van der Waals surface area contributed by atoms with E-state index in [0.29, 0.717) is 27.8 Å². The number of Topliss-reactive ketones (excluding diaryl/α,β-unsaturated/α-hetero) is 1. The van der Waals surface area contributed by atoms with Gasteiger partial charge >= 0.3 is 5.97 Å². The number of carbonyl (C=O) groups excluding carboxylic acids is 4. The van der Waals surface area contributed by atoms with Crippen LogP contribution in [0.15, 0.2) is 109 Å². The third-order valence-corrected chi connectivity index (χ3v) is 11.7. The van der Waals surface area contributed by atoms with Crippen LogP contribution in [0.2, 0.25) is 0 Å². The Morgan fingerprint density at radius 2 is 1.46 bits per heavy atom. The molecule has 9 nitrogen and oxygen atoms in total. The number of benzene rings is 4. The summed E-state index contributed by atoms with van der Waals surface area (Å²) in [5.74, 6) is -7.14. The lowest BCUT2D eigenvalue weighted by atomic mass is 9.44. The van der Waals surface area contributed by atoms with Crippen molar-refractivity contribution in [3.63, 3.8) is 0 Å². The second-order valence-corrected chi connectivity index (χ2v) is 14.3. The fourth-order valence-electron chi connectivity index (χ4n) is 9.50. The number of aryl methyl sites for hydroxylation is 2. The monoisotopic (exact) mass is 693 g/mol. The van der Waals surface area contributed by atoms with Gasteiger partial charge in [0.05, 0.1) is 22.9 Å². The molecule has 0 aromatic heterocycles. The highest BCUT2D eigenvalue weighted by molar-refractivity contribution is 6.32. The van der Waals surface area contributed by atoms with Gasteiger partial charge in [0.2, 0.25) is 11.8 Å². The Morgan fingerprint density at radius 1 is 0.808 bits per heavy atom. The van der Waals surface area contributed by atoms with Crippen molar-refractivity contribution in [2.24, 2.45) is 23.7 Å². The van der Waals surface area contributed by atoms with Gasteiger partial charge in [0.25, 0.3) is 0 Å². The zero-order valence-corrected chi connectivity index (χ0v) is 28.4. The van der Waals surface area contributed by atoms with Crippen molar-refractivity contribution in [3.05, 3.63) is 142 Å². The average molecular weight is 694 g/mol. The molecule has 4 aromatic carbocycles. The van der Waals surface area contributed by atoms with Crippen molar-refractivity contribution in [2.75, 3.05) is 4.90 Å². The van der Waals surface area contributed by atoms with E-state index in [4.69, 9.17) is 0 Å². The molecule has 260 valence electrons. The van der Waals surface area contributed by atoms with E-state index >= 15 is 9.59 Å². The molecule has 0 bridgehead atoms. The van der Waals surface area contributed by atoms with E-state index in [1.54, 1.807) is 26.0 Å². The largest absolute Gasteiger partial charge is 0.507 e. The zero-order chi connectivity index (χ0) is 36.6. The number of rotatable bonds is 5. The number of carbonyl (C=O) groups is 5. The van der Waals surface area contributed by atoms with Gasteiger partial charge in [-0.1, -0.05) is 84.4 Å². The van der Waals surface area contributed by atoms with Crippen LogP contribution in [0.25, 0.3) is 5.57 Å². The van der Waals surface area contributed by atoms with Crippen LogP contribution in [0, 0.1) is 37.5 Å². The summed E-state index contributed by atoms with van der Waals surface area (Å²) in [6, 6.07) is 25.6. The van der Waals surface area contributed by atoms with E-state index in [1.165, 1.54) is 12.1 Å². The van der Waals surface area contributed by atoms with Crippen molar-refractivity contribution in [1.29, 1.82) is 0 Å². The summed E-state index contributed by atoms with van der Waals surface area (Å²) in [6.07, 6.45) is 3.76. The molecular formula is C43H35NO8. The minimum atomic E-state index is -1.40. The first-order valence-corrected chi connectivity index (χ1v) is 17.3. The van der Waals surface area contributed by atoms with Gasteiger partial charge in [-0.2, -0.15) is 0 Å². The summed E-state index contributed by atoms with van der Waals surface area (Å²) in [5.41, 5.74) is 2.58. The Bertz CT molecular complexity index is 2270. The Hall–Kier alpha value is -6.09. The standard InChI is InChI=1S/C43H35NO8/c1-22-17-25(18-23(2)38(22)47)37-28-15-16-30-36(41(50)44(40(30)49)27-13-14-29(42(51)52)34(45)19-27)32(28)20-33-39(48)31(24-9-5-3-6-10-24)21-35(46)43(33,37)26-11-7-4-8-12-26/h3-15,17-19,21,30,32-33,36-37,45,47H,16,20H2,1-2H3,(H,51,52)/t30-,32+,33-,36-,37-,43-/m0/s1. The number of allylic oxidation sites excluding steroid dienone is 4. The van der Waals surface area contributed by atoms with Crippen LogP contribution in [0.4, 0.5) is 5.69 Å². The number of aromatic carboxylic acids is 1. The van der Waals surface area contributed by atoms with Gasteiger partial charge in [0, 0.05) is 23.5 Å². The second kappa shape index (κ2) is 12.0. The van der Waals surface area contributed by atoms with Gasteiger partial charge in [-0.05, 0) is 78.6 Å². The number of nitrogens with zero attached hydrogens (tertiary/aromatic N) is 1. The summed E-state index contributed by atoms with van der Waals surface area (Å²) < 4.78 is 0. The highest BCUT2D eigenvalue weighted by atomic mass is 16.4. The predicted molar refractivity (Wildman–Crippen MR) is 192 cm³/mol. The number of phenolic OH excluding ortho intramolecular Hbond substituents is 1. The van der Waals surface area contributed by atoms with Crippen LogP contribution in [-0.4, -0.2) is 44.7 Å². The lowest BCUT2D eigenvalue weighted by molar-refractivity contribution is -0.135. The van der Waals surface area contributed by atoms with Gasteiger partial charge < -0.3 is 15.3 Å². The highest BCUT2D eigenvalue weighted by Gasteiger charge is 2.66. The molecule has 3 aliphatic carbocycles. The molecule has 9 heteroatoms. The first-order valence-electron chi connectivity index (χ1n) is 17.3. The van der Waals surface area contributed by atoms with E-state index in [9.17, 15) is 29.7 Å². The molecule has 1 saturated heterocycles. The third-order valence-electron chi connectivity index (χ3n) is 11.7. The number of carboxylic acids is 1. The summed E-state index contributed by atoms with van der Waals surface area (Å²) in [5, 5.41) is 30.7. The average Bonchev–Trinajstić information content (AvgIpc) is 3.40. The Morgan fingerprint density at radius 3 is 2.10 bits per heavy atom. The number of carboxylic acid groups (broad SMARTS) is 1. The van der Waals surface area contributed by atoms with Crippen LogP contribution in [0.1, 0.15) is 56.9 Å². The highest BCUT2D eigenvalue weighted by Crippen LogP contribution is 2.64. The number of imide groups is 1. The van der Waals surface area contributed by atoms with Gasteiger partial charge in [-0.3, -0.25) is 19.2 Å². The Labute approximate surface area is 299 Å². The number of ketones is 2. The molecule has 0 radical (unpaired) electrons. The van der Waals surface area contributed by atoms with Crippen LogP contribution in [-0.2, 0) is 24.6 Å². The molecule has 1 aliphatic heterocycles. The molecule has 3 N–H and O–H groups in total. The summed E-state index contributed by atoms with van der Waals surface area (Å²) >= 11 is 0. The maximum atomic E-state index is 15.2. The fourth-order valence-corrected chi connectivity index (χ4v) is 9.50. The lowest BCUT2D eigenvalue weighted by Gasteiger charge is -2.55. The maximum absolute atomic E-state index is 15.2. The van der Waals surface area contributed by atoms with Crippen molar-refractivity contribution < 1.29 is 39.3 Å². The summed E-state index contributed by atoms with van der Waals surface area (Å²) in [4.78, 5) is 71.4. The molecule has 2 amide bonds. The fraction of sp³-hybridized carbons (Fsp3) is 0.233. The number of phenols is 2. The van der Waals surface area contributed by atoms with Gasteiger partial charge in [0.15, 0.2) is 11.6 Å². The first kappa shape index (κ1) is 33.1. The SMILES string of the molecule is Cc1cc([C@H]2C3=CC[C@@H]4C(=O)N(c5ccc(C(=O)O)c(O)c5)C(=O)[C@@H]4[C@@H]3C[C@H]3C(=O)C(c4ccccc4)=CC(=O)[C@@]23c2ccccc2)cc(C)c1O. The van der Waals surface area contributed by atoms with Crippen LogP contribution in [0.3, 0.4) is 0 Å². The number of fused-ring (bicyclic) bond motifs is 4. The zero-order valence-electron chi connectivity index (χ0n) is 28.4. The molecule has 8 rings (SSSR count). The molecule has 2 fully saturated rings. The minimum Gasteiger partial charge on any atom is -0.507 e. The number of amides is 2. The quantitative estimate of drug-likeness (QED) is 0.160. The molecule has 4 aliphatic rings. The topological polar surface area (TPSA) is 149 Å². The predicted octanol–water partition coefficient (Wildman–Crippen LogP) is 6.44. The summed E-state index contributed by atoms with van der Waals surface area (Å²) in [7, 11) is 0. The van der Waals surface area contributed by atoms with E-state index in [-0.39, 0.29) is 41.4 Å². The molecule has 6 atom stereocenters. The molecule has 1 heterocycles. The van der Waals surface area contributed by atoms with E-state index in [1.807, 2.05) is 66.7 Å². The van der Waals surface area contributed by atoms with Gasteiger partial charge in [-0.15, -0.1) is 0 Å². The Balaban J connectivity index is 1.35. The van der Waals surface area contributed by atoms with E-state index in [2.05, 4.69) is 0 Å². The van der Waals surface area contributed by atoms with Crippen molar-refractivity contribution in [1.82, 2.24) is 0 Å². The third kappa shape index (κ3) is 4.65. The summed E-state index contributed by atoms with van der Waals surface area (Å²) in [6.45, 7) is 3.57. The number of aromatic hydroxyl groups is 2. The second-order valence-electron chi connectivity index (χ2n) is 14.3. The molecule has 0 unspecified atom stereocenters. The number of hydrogen-bond acceptors (Lipinski definition) is 7. The normalized spacial score (nSPS) is 26.7. The van der Waals surface area contributed by atoms with E-state index in [0.717, 1.165) is 28.2 Å². The maximum Gasteiger partial charge on any atom is 0.339 e.